The Morgan fingerprint density at radius 2 is 1.45 bits per heavy atom. The zero-order chi connectivity index (χ0) is 15.5. The highest BCUT2D eigenvalue weighted by Crippen LogP contribution is 2.32. The molecule has 0 unspecified atom stereocenters. The molecule has 1 aromatic heterocycles. The van der Waals surface area contributed by atoms with Crippen LogP contribution in [0.3, 0.4) is 0 Å². The number of aryl methyl sites for hydroxylation is 2. The average Bonchev–Trinajstić information content (AvgIpc) is 2.88. The Morgan fingerprint density at radius 3 is 1.86 bits per heavy atom. The van der Waals surface area contributed by atoms with Crippen LogP contribution >= 0.6 is 0 Å². The third-order valence-electron chi connectivity index (χ3n) is 5.44. The van der Waals surface area contributed by atoms with Gasteiger partial charge in [0, 0.05) is 12.1 Å². The topological polar surface area (TPSA) is 33.5 Å². The van der Waals surface area contributed by atoms with Gasteiger partial charge in [-0.3, -0.25) is 4.79 Å². The summed E-state index contributed by atoms with van der Waals surface area (Å²) in [7, 11) is 0. The molecule has 2 saturated carbocycles. The summed E-state index contributed by atoms with van der Waals surface area (Å²) < 4.78 is 5.61. The lowest BCUT2D eigenvalue weighted by molar-refractivity contribution is 0.0447. The SMILES string of the molecule is Cc1cc(C(=O)N(C2CCCCC2)C2CCCCC2)c(C)o1. The van der Waals surface area contributed by atoms with Gasteiger partial charge in [0.05, 0.1) is 5.56 Å². The van der Waals surface area contributed by atoms with Crippen LogP contribution in [0.15, 0.2) is 10.5 Å². The van der Waals surface area contributed by atoms with Crippen LogP contribution in [0.2, 0.25) is 0 Å². The Morgan fingerprint density at radius 1 is 0.955 bits per heavy atom. The van der Waals surface area contributed by atoms with Gasteiger partial charge in [0.15, 0.2) is 0 Å². The predicted molar refractivity (Wildman–Crippen MR) is 88.1 cm³/mol. The lowest BCUT2D eigenvalue weighted by Gasteiger charge is -2.41. The minimum atomic E-state index is 0.216. The Bertz CT molecular complexity index is 490. The smallest absolute Gasteiger partial charge is 0.257 e. The van der Waals surface area contributed by atoms with E-state index in [1.54, 1.807) is 0 Å². The first-order valence-corrected chi connectivity index (χ1v) is 9.06. The van der Waals surface area contributed by atoms with Crippen molar-refractivity contribution in [3.05, 3.63) is 23.2 Å². The number of amides is 1. The van der Waals surface area contributed by atoms with E-state index in [4.69, 9.17) is 4.42 Å². The summed E-state index contributed by atoms with van der Waals surface area (Å²) in [5.41, 5.74) is 0.786. The van der Waals surface area contributed by atoms with Crippen molar-refractivity contribution in [3.63, 3.8) is 0 Å². The standard InChI is InChI=1S/C19H29NO2/c1-14-13-18(15(2)22-14)19(21)20(16-9-5-3-6-10-16)17-11-7-4-8-12-17/h13,16-17H,3-12H2,1-2H3. The summed E-state index contributed by atoms with van der Waals surface area (Å²) in [4.78, 5) is 15.5. The maximum atomic E-state index is 13.2. The number of hydrogen-bond donors (Lipinski definition) is 0. The van der Waals surface area contributed by atoms with Crippen LogP contribution in [0.5, 0.6) is 0 Å². The zero-order valence-corrected chi connectivity index (χ0v) is 14.1. The Kier molecular flexibility index (Phi) is 4.90. The summed E-state index contributed by atoms with van der Waals surface area (Å²) in [5, 5.41) is 0. The highest BCUT2D eigenvalue weighted by atomic mass is 16.3. The third-order valence-corrected chi connectivity index (χ3v) is 5.44. The van der Waals surface area contributed by atoms with Crippen molar-refractivity contribution in [1.82, 2.24) is 4.90 Å². The molecule has 0 radical (unpaired) electrons. The summed E-state index contributed by atoms with van der Waals surface area (Å²) >= 11 is 0. The number of carbonyl (C=O) groups excluding carboxylic acids is 1. The highest BCUT2D eigenvalue weighted by Gasteiger charge is 2.34. The molecular formula is C19H29NO2. The van der Waals surface area contributed by atoms with E-state index < -0.39 is 0 Å². The van der Waals surface area contributed by atoms with Crippen molar-refractivity contribution in [2.45, 2.75) is 90.1 Å². The van der Waals surface area contributed by atoms with Crippen molar-refractivity contribution in [3.8, 4) is 0 Å². The second-order valence-electron chi connectivity index (χ2n) is 7.12. The first kappa shape index (κ1) is 15.6. The predicted octanol–water partition coefficient (Wildman–Crippen LogP) is 5.00. The van der Waals surface area contributed by atoms with Crippen molar-refractivity contribution in [2.24, 2.45) is 0 Å². The van der Waals surface area contributed by atoms with Crippen molar-refractivity contribution >= 4 is 5.91 Å². The molecule has 2 aliphatic carbocycles. The van der Waals surface area contributed by atoms with E-state index in [-0.39, 0.29) is 5.91 Å². The third kappa shape index (κ3) is 3.23. The minimum Gasteiger partial charge on any atom is -0.466 e. The van der Waals surface area contributed by atoms with Gasteiger partial charge < -0.3 is 9.32 Å². The van der Waals surface area contributed by atoms with Crippen LogP contribution in [-0.2, 0) is 0 Å². The van der Waals surface area contributed by atoms with Gasteiger partial charge in [-0.15, -0.1) is 0 Å². The normalized spacial score (nSPS) is 21.0. The van der Waals surface area contributed by atoms with Gasteiger partial charge in [-0.25, -0.2) is 0 Å². The molecule has 3 nitrogen and oxygen atoms in total. The zero-order valence-electron chi connectivity index (χ0n) is 14.1. The molecule has 0 bridgehead atoms. The van der Waals surface area contributed by atoms with Crippen LogP contribution in [0.1, 0.15) is 86.1 Å². The molecule has 0 N–H and O–H groups in total. The number of carbonyl (C=O) groups is 1. The molecule has 0 atom stereocenters. The van der Waals surface area contributed by atoms with Crippen LogP contribution in [0.4, 0.5) is 0 Å². The fraction of sp³-hybridized carbons (Fsp3) is 0.737. The number of hydrogen-bond acceptors (Lipinski definition) is 2. The maximum absolute atomic E-state index is 13.2. The first-order valence-electron chi connectivity index (χ1n) is 9.06. The largest absolute Gasteiger partial charge is 0.466 e. The molecule has 1 aromatic rings. The van der Waals surface area contributed by atoms with E-state index in [1.165, 1.54) is 64.2 Å². The highest BCUT2D eigenvalue weighted by molar-refractivity contribution is 5.95. The monoisotopic (exact) mass is 303 g/mol. The molecular weight excluding hydrogens is 274 g/mol. The average molecular weight is 303 g/mol. The van der Waals surface area contributed by atoms with Gasteiger partial charge in [-0.1, -0.05) is 38.5 Å². The molecule has 0 aliphatic heterocycles. The van der Waals surface area contributed by atoms with Gasteiger partial charge in [-0.2, -0.15) is 0 Å². The molecule has 2 aliphatic rings. The number of nitrogens with zero attached hydrogens (tertiary/aromatic N) is 1. The number of furan rings is 1. The molecule has 22 heavy (non-hydrogen) atoms. The molecule has 1 heterocycles. The molecule has 122 valence electrons. The quantitative estimate of drug-likeness (QED) is 0.787. The second-order valence-corrected chi connectivity index (χ2v) is 7.12. The van der Waals surface area contributed by atoms with E-state index >= 15 is 0 Å². The fourth-order valence-electron chi connectivity index (χ4n) is 4.33. The van der Waals surface area contributed by atoms with Gasteiger partial charge >= 0.3 is 0 Å². The Hall–Kier alpha value is -1.25. The van der Waals surface area contributed by atoms with Gasteiger partial charge in [-0.05, 0) is 45.6 Å². The maximum Gasteiger partial charge on any atom is 0.257 e. The molecule has 0 saturated heterocycles. The second kappa shape index (κ2) is 6.89. The van der Waals surface area contributed by atoms with E-state index in [1.807, 2.05) is 19.9 Å². The number of rotatable bonds is 3. The molecule has 1 amide bonds. The van der Waals surface area contributed by atoms with Gasteiger partial charge in [0.1, 0.15) is 11.5 Å². The lowest BCUT2D eigenvalue weighted by atomic mass is 9.88. The van der Waals surface area contributed by atoms with E-state index in [9.17, 15) is 4.79 Å². The Labute approximate surface area is 134 Å². The van der Waals surface area contributed by atoms with Crippen LogP contribution in [0, 0.1) is 13.8 Å². The molecule has 3 heteroatoms. The molecule has 0 aromatic carbocycles. The van der Waals surface area contributed by atoms with Crippen molar-refractivity contribution in [2.75, 3.05) is 0 Å². The van der Waals surface area contributed by atoms with Crippen molar-refractivity contribution in [1.29, 1.82) is 0 Å². The molecule has 0 spiro atoms. The summed E-state index contributed by atoms with van der Waals surface area (Å²) in [6.07, 6.45) is 12.4. The van der Waals surface area contributed by atoms with E-state index in [2.05, 4.69) is 4.90 Å². The van der Waals surface area contributed by atoms with Crippen LogP contribution < -0.4 is 0 Å². The minimum absolute atomic E-state index is 0.216. The Balaban J connectivity index is 1.86. The first-order chi connectivity index (χ1) is 10.7. The summed E-state index contributed by atoms with van der Waals surface area (Å²) in [6, 6.07) is 2.81. The van der Waals surface area contributed by atoms with Crippen LogP contribution in [-0.4, -0.2) is 22.9 Å². The molecule has 2 fully saturated rings. The summed E-state index contributed by atoms with van der Waals surface area (Å²) in [5.74, 6) is 1.83. The van der Waals surface area contributed by atoms with Crippen LogP contribution in [0.25, 0.3) is 0 Å². The van der Waals surface area contributed by atoms with E-state index in [0.29, 0.717) is 12.1 Å². The summed E-state index contributed by atoms with van der Waals surface area (Å²) in [6.45, 7) is 3.84. The fourth-order valence-corrected chi connectivity index (χ4v) is 4.33. The lowest BCUT2D eigenvalue weighted by Crippen LogP contribution is -2.48. The van der Waals surface area contributed by atoms with Gasteiger partial charge in [0.25, 0.3) is 5.91 Å². The van der Waals surface area contributed by atoms with Gasteiger partial charge in [0.2, 0.25) is 0 Å². The van der Waals surface area contributed by atoms with E-state index in [0.717, 1.165) is 17.1 Å². The molecule has 3 rings (SSSR count). The van der Waals surface area contributed by atoms with Crippen molar-refractivity contribution < 1.29 is 9.21 Å².